The average Bonchev–Trinajstić information content (AvgIpc) is 2.98. The van der Waals surface area contributed by atoms with Gasteiger partial charge < -0.3 is 4.90 Å². The first-order chi connectivity index (χ1) is 19.1. The van der Waals surface area contributed by atoms with E-state index in [4.69, 9.17) is 11.6 Å². The SMILES string of the molecule is O=C1/C(=C\N2CCN(C(c3ccccc3)c3ccccc3)CC2)c2ccccc2C(=O)N1c1ccccc1Cl. The lowest BCUT2D eigenvalue weighted by Crippen LogP contribution is -2.47. The van der Waals surface area contributed by atoms with E-state index in [9.17, 15) is 9.59 Å². The first-order valence-electron chi connectivity index (χ1n) is 13.1. The molecule has 2 aliphatic heterocycles. The van der Waals surface area contributed by atoms with E-state index in [0.29, 0.717) is 27.4 Å². The molecule has 0 spiro atoms. The molecule has 0 N–H and O–H groups in total. The molecule has 1 fully saturated rings. The normalized spacial score (nSPS) is 17.1. The molecule has 0 saturated carbocycles. The van der Waals surface area contributed by atoms with Crippen molar-refractivity contribution in [2.24, 2.45) is 0 Å². The summed E-state index contributed by atoms with van der Waals surface area (Å²) < 4.78 is 0. The fourth-order valence-corrected chi connectivity index (χ4v) is 5.74. The summed E-state index contributed by atoms with van der Waals surface area (Å²) in [5.41, 5.74) is 4.58. The van der Waals surface area contributed by atoms with Gasteiger partial charge in [-0.05, 0) is 29.3 Å². The Bertz CT molecular complexity index is 1490. The number of hydrogen-bond acceptors (Lipinski definition) is 4. The van der Waals surface area contributed by atoms with E-state index in [0.717, 1.165) is 26.2 Å². The number of fused-ring (bicyclic) bond motifs is 1. The van der Waals surface area contributed by atoms with E-state index in [-0.39, 0.29) is 17.9 Å². The number of amides is 2. The molecule has 39 heavy (non-hydrogen) atoms. The van der Waals surface area contributed by atoms with Crippen LogP contribution in [0.25, 0.3) is 5.57 Å². The van der Waals surface area contributed by atoms with E-state index in [1.54, 1.807) is 30.3 Å². The summed E-state index contributed by atoms with van der Waals surface area (Å²) in [6, 6.07) is 35.6. The number of imide groups is 1. The second-order valence-corrected chi connectivity index (χ2v) is 10.2. The van der Waals surface area contributed by atoms with Crippen LogP contribution in [0.3, 0.4) is 0 Å². The van der Waals surface area contributed by atoms with Crippen molar-refractivity contribution in [3.8, 4) is 0 Å². The van der Waals surface area contributed by atoms with Crippen LogP contribution in [0.1, 0.15) is 33.1 Å². The molecule has 5 nitrogen and oxygen atoms in total. The van der Waals surface area contributed by atoms with Crippen LogP contribution >= 0.6 is 11.6 Å². The highest BCUT2D eigenvalue weighted by molar-refractivity contribution is 6.43. The number of rotatable bonds is 5. The Labute approximate surface area is 233 Å². The van der Waals surface area contributed by atoms with Gasteiger partial charge in [0, 0.05) is 43.5 Å². The predicted molar refractivity (Wildman–Crippen MR) is 156 cm³/mol. The van der Waals surface area contributed by atoms with Gasteiger partial charge in [0.2, 0.25) is 0 Å². The number of para-hydroxylation sites is 1. The Morgan fingerprint density at radius 3 is 1.77 bits per heavy atom. The summed E-state index contributed by atoms with van der Waals surface area (Å²) in [7, 11) is 0. The fourth-order valence-electron chi connectivity index (χ4n) is 5.52. The van der Waals surface area contributed by atoms with E-state index >= 15 is 0 Å². The zero-order valence-corrected chi connectivity index (χ0v) is 22.2. The number of nitrogens with zero attached hydrogens (tertiary/aromatic N) is 3. The first kappa shape index (κ1) is 25.1. The zero-order valence-electron chi connectivity index (χ0n) is 21.4. The minimum Gasteiger partial charge on any atom is -0.374 e. The predicted octanol–water partition coefficient (Wildman–Crippen LogP) is 6.28. The standard InChI is InChI=1S/C33H28ClN3O2/c34-29-17-9-10-18-30(29)37-32(38)27-16-8-7-15-26(27)28(33(37)39)23-35-19-21-36(22-20-35)31(24-11-3-1-4-12-24)25-13-5-2-6-14-25/h1-18,23,31H,19-22H2/b28-23-. The highest BCUT2D eigenvalue weighted by atomic mass is 35.5. The summed E-state index contributed by atoms with van der Waals surface area (Å²) in [6.45, 7) is 3.19. The third kappa shape index (κ3) is 4.87. The summed E-state index contributed by atoms with van der Waals surface area (Å²) >= 11 is 6.42. The van der Waals surface area contributed by atoms with Crippen LogP contribution < -0.4 is 4.90 Å². The number of carbonyl (C=O) groups is 2. The third-order valence-corrected chi connectivity index (χ3v) is 7.75. The quantitative estimate of drug-likeness (QED) is 0.224. The van der Waals surface area contributed by atoms with Crippen molar-refractivity contribution in [1.29, 1.82) is 0 Å². The number of halogens is 1. The molecule has 194 valence electrons. The Morgan fingerprint density at radius 2 is 1.15 bits per heavy atom. The van der Waals surface area contributed by atoms with Gasteiger partial charge in [0.1, 0.15) is 0 Å². The maximum atomic E-state index is 13.8. The number of anilines is 1. The van der Waals surface area contributed by atoms with Gasteiger partial charge in [-0.25, -0.2) is 4.90 Å². The Hall–Kier alpha value is -4.19. The monoisotopic (exact) mass is 533 g/mol. The molecule has 0 atom stereocenters. The molecule has 4 aromatic carbocycles. The Kier molecular flexibility index (Phi) is 7.01. The summed E-state index contributed by atoms with van der Waals surface area (Å²) in [4.78, 5) is 33.1. The van der Waals surface area contributed by atoms with Crippen LogP contribution in [0, 0.1) is 0 Å². The molecule has 6 heteroatoms. The number of hydrogen-bond donors (Lipinski definition) is 0. The maximum Gasteiger partial charge on any atom is 0.267 e. The number of benzene rings is 4. The number of carbonyl (C=O) groups excluding carboxylic acids is 2. The van der Waals surface area contributed by atoms with Crippen LogP contribution in [-0.4, -0.2) is 47.8 Å². The van der Waals surface area contributed by atoms with Gasteiger partial charge in [0.15, 0.2) is 0 Å². The lowest BCUT2D eigenvalue weighted by Gasteiger charge is -2.40. The molecule has 6 rings (SSSR count). The van der Waals surface area contributed by atoms with Crippen LogP contribution in [0.5, 0.6) is 0 Å². The summed E-state index contributed by atoms with van der Waals surface area (Å²) in [5.74, 6) is -0.722. The molecule has 0 aliphatic carbocycles. The van der Waals surface area contributed by atoms with Crippen molar-refractivity contribution in [2.45, 2.75) is 6.04 Å². The van der Waals surface area contributed by atoms with Crippen LogP contribution in [-0.2, 0) is 4.79 Å². The highest BCUT2D eigenvalue weighted by Crippen LogP contribution is 2.36. The summed E-state index contributed by atoms with van der Waals surface area (Å²) in [5, 5.41) is 0.361. The van der Waals surface area contributed by atoms with Gasteiger partial charge in [-0.15, -0.1) is 0 Å². The highest BCUT2D eigenvalue weighted by Gasteiger charge is 2.37. The van der Waals surface area contributed by atoms with Crippen LogP contribution in [0.4, 0.5) is 5.69 Å². The van der Waals surface area contributed by atoms with E-state index in [1.165, 1.54) is 16.0 Å². The first-order valence-corrected chi connectivity index (χ1v) is 13.5. The van der Waals surface area contributed by atoms with Gasteiger partial charge in [0.25, 0.3) is 11.8 Å². The van der Waals surface area contributed by atoms with Crippen LogP contribution in [0.15, 0.2) is 115 Å². The zero-order chi connectivity index (χ0) is 26.8. The molecule has 2 heterocycles. The van der Waals surface area contributed by atoms with Crippen LogP contribution in [0.2, 0.25) is 5.02 Å². The molecule has 1 saturated heterocycles. The Balaban J connectivity index is 1.29. The fraction of sp³-hybridized carbons (Fsp3) is 0.152. The van der Waals surface area contributed by atoms with Gasteiger partial charge in [-0.1, -0.05) is 103 Å². The second kappa shape index (κ2) is 10.9. The molecule has 2 amide bonds. The second-order valence-electron chi connectivity index (χ2n) is 9.78. The smallest absolute Gasteiger partial charge is 0.267 e. The van der Waals surface area contributed by atoms with Crippen molar-refractivity contribution in [3.05, 3.63) is 143 Å². The Morgan fingerprint density at radius 1 is 0.615 bits per heavy atom. The maximum absolute atomic E-state index is 13.8. The molecule has 0 aromatic heterocycles. The minimum absolute atomic E-state index is 0.160. The molecule has 2 aliphatic rings. The molecule has 0 bridgehead atoms. The largest absolute Gasteiger partial charge is 0.374 e. The summed E-state index contributed by atoms with van der Waals surface area (Å²) in [6.07, 6.45) is 1.93. The van der Waals surface area contributed by atoms with Gasteiger partial charge >= 0.3 is 0 Å². The van der Waals surface area contributed by atoms with E-state index < -0.39 is 0 Å². The van der Waals surface area contributed by atoms with E-state index in [1.807, 2.05) is 36.5 Å². The molecular weight excluding hydrogens is 506 g/mol. The van der Waals surface area contributed by atoms with Crippen molar-refractivity contribution in [3.63, 3.8) is 0 Å². The van der Waals surface area contributed by atoms with Gasteiger partial charge in [0.05, 0.1) is 22.3 Å². The molecule has 0 unspecified atom stereocenters. The molecule has 4 aromatic rings. The van der Waals surface area contributed by atoms with E-state index in [2.05, 4.69) is 58.3 Å². The van der Waals surface area contributed by atoms with Crippen molar-refractivity contribution >= 4 is 34.7 Å². The van der Waals surface area contributed by atoms with Crippen molar-refractivity contribution < 1.29 is 9.59 Å². The third-order valence-electron chi connectivity index (χ3n) is 7.43. The molecular formula is C33H28ClN3O2. The van der Waals surface area contributed by atoms with Crippen molar-refractivity contribution in [1.82, 2.24) is 9.80 Å². The lowest BCUT2D eigenvalue weighted by molar-refractivity contribution is -0.112. The minimum atomic E-state index is -0.362. The topological polar surface area (TPSA) is 43.9 Å². The van der Waals surface area contributed by atoms with Crippen molar-refractivity contribution in [2.75, 3.05) is 31.1 Å². The van der Waals surface area contributed by atoms with Gasteiger partial charge in [-0.2, -0.15) is 0 Å². The number of piperazine rings is 1. The molecule has 0 radical (unpaired) electrons. The average molecular weight is 534 g/mol. The van der Waals surface area contributed by atoms with Gasteiger partial charge in [-0.3, -0.25) is 14.5 Å². The lowest BCUT2D eigenvalue weighted by atomic mass is 9.93.